The van der Waals surface area contributed by atoms with Crippen molar-refractivity contribution >= 4 is 37.5 Å². The largest absolute Gasteiger partial charge is 0.467 e. The number of nitrogens with zero attached hydrogens (tertiary/aromatic N) is 3. The first-order chi connectivity index (χ1) is 13.4. The van der Waals surface area contributed by atoms with Crippen LogP contribution in [0.5, 0.6) is 5.19 Å². The van der Waals surface area contributed by atoms with Crippen LogP contribution in [-0.4, -0.2) is 67.1 Å². The van der Waals surface area contributed by atoms with E-state index in [9.17, 15) is 13.2 Å². The monoisotopic (exact) mass is 423 g/mol. The Hall–Kier alpha value is -1.71. The number of fused-ring (bicyclic) bond motifs is 1. The number of ether oxygens (including phenoxy) is 1. The molecule has 1 aromatic heterocycles. The second kappa shape index (κ2) is 7.96. The molecule has 0 unspecified atom stereocenters. The summed E-state index contributed by atoms with van der Waals surface area (Å²) in [5.74, 6) is 0.0892. The number of para-hydroxylation sites is 1. The lowest BCUT2D eigenvalue weighted by Crippen LogP contribution is -2.47. The highest BCUT2D eigenvalue weighted by Gasteiger charge is 2.33. The molecule has 2 saturated heterocycles. The molecule has 3 heterocycles. The number of thiazole rings is 1. The molecule has 4 rings (SSSR count). The van der Waals surface area contributed by atoms with Crippen LogP contribution in [-0.2, 0) is 14.8 Å². The van der Waals surface area contributed by atoms with Crippen LogP contribution in [0.1, 0.15) is 25.7 Å². The molecule has 2 aliphatic heterocycles. The van der Waals surface area contributed by atoms with Crippen molar-refractivity contribution in [3.63, 3.8) is 0 Å². The molecular weight excluding hydrogens is 398 g/mol. The van der Waals surface area contributed by atoms with Gasteiger partial charge in [0.05, 0.1) is 16.5 Å². The van der Waals surface area contributed by atoms with Gasteiger partial charge >= 0.3 is 0 Å². The van der Waals surface area contributed by atoms with Gasteiger partial charge in [0, 0.05) is 44.9 Å². The van der Waals surface area contributed by atoms with Gasteiger partial charge in [-0.05, 0) is 25.0 Å². The molecule has 0 spiro atoms. The first kappa shape index (κ1) is 19.6. The molecule has 28 heavy (non-hydrogen) atoms. The number of rotatable bonds is 4. The molecule has 0 aliphatic carbocycles. The second-order valence-corrected chi connectivity index (χ2v) is 10.5. The Labute approximate surface area is 169 Å². The van der Waals surface area contributed by atoms with Crippen molar-refractivity contribution in [2.45, 2.75) is 31.8 Å². The molecular formula is C19H25N3O4S2. The van der Waals surface area contributed by atoms with Crippen molar-refractivity contribution in [1.29, 1.82) is 0 Å². The van der Waals surface area contributed by atoms with Crippen molar-refractivity contribution < 1.29 is 17.9 Å². The molecule has 152 valence electrons. The zero-order chi connectivity index (χ0) is 19.7. The summed E-state index contributed by atoms with van der Waals surface area (Å²) < 4.78 is 31.9. The molecule has 9 heteroatoms. The lowest BCUT2D eigenvalue weighted by atomic mass is 9.95. The topological polar surface area (TPSA) is 79.8 Å². The third-order valence-corrected chi connectivity index (χ3v) is 7.80. The molecule has 2 fully saturated rings. The third-order valence-electron chi connectivity index (χ3n) is 5.57. The predicted octanol–water partition coefficient (Wildman–Crippen LogP) is 2.34. The summed E-state index contributed by atoms with van der Waals surface area (Å²) in [5.41, 5.74) is 0.954. The minimum absolute atomic E-state index is 0.0697. The van der Waals surface area contributed by atoms with Gasteiger partial charge in [-0.2, -0.15) is 0 Å². The lowest BCUT2D eigenvalue weighted by molar-refractivity contribution is -0.138. The number of benzene rings is 1. The highest BCUT2D eigenvalue weighted by Crippen LogP contribution is 2.30. The minimum Gasteiger partial charge on any atom is -0.467 e. The number of likely N-dealkylation sites (tertiary alicyclic amines) is 1. The SMILES string of the molecule is CS(=O)(=O)N1CCC(C(=O)N2CCC(Oc3nc4ccccc4s3)CC2)CC1. The quantitative estimate of drug-likeness (QED) is 0.754. The molecule has 1 amide bonds. The van der Waals surface area contributed by atoms with Crippen molar-refractivity contribution in [1.82, 2.24) is 14.2 Å². The fraction of sp³-hybridized carbons (Fsp3) is 0.579. The Bertz CT molecular complexity index is 910. The fourth-order valence-corrected chi connectivity index (χ4v) is 5.69. The molecule has 1 aromatic carbocycles. The zero-order valence-electron chi connectivity index (χ0n) is 15.9. The van der Waals surface area contributed by atoms with Crippen LogP contribution in [0.2, 0.25) is 0 Å². The van der Waals surface area contributed by atoms with Crippen molar-refractivity contribution in [2.24, 2.45) is 5.92 Å². The van der Waals surface area contributed by atoms with Crippen LogP contribution in [0.4, 0.5) is 0 Å². The predicted molar refractivity (Wildman–Crippen MR) is 109 cm³/mol. The standard InChI is InChI=1S/C19H25N3O4S2/c1-28(24,25)22-12-6-14(7-13-22)18(23)21-10-8-15(9-11-21)26-19-20-16-4-2-3-5-17(16)27-19/h2-5,14-15H,6-13H2,1H3. The highest BCUT2D eigenvalue weighted by molar-refractivity contribution is 7.88. The maximum atomic E-state index is 12.8. The summed E-state index contributed by atoms with van der Waals surface area (Å²) in [6.07, 6.45) is 4.11. The molecule has 0 saturated carbocycles. The van der Waals surface area contributed by atoms with Gasteiger partial charge in [0.15, 0.2) is 0 Å². The van der Waals surface area contributed by atoms with E-state index in [0.717, 1.165) is 23.1 Å². The van der Waals surface area contributed by atoms with Gasteiger partial charge in [-0.25, -0.2) is 17.7 Å². The maximum Gasteiger partial charge on any atom is 0.274 e. The molecule has 0 N–H and O–H groups in total. The summed E-state index contributed by atoms with van der Waals surface area (Å²) in [4.78, 5) is 19.2. The average molecular weight is 424 g/mol. The summed E-state index contributed by atoms with van der Waals surface area (Å²) in [7, 11) is -3.16. The van der Waals surface area contributed by atoms with E-state index in [1.165, 1.54) is 10.6 Å². The molecule has 7 nitrogen and oxygen atoms in total. The highest BCUT2D eigenvalue weighted by atomic mass is 32.2. The van der Waals surface area contributed by atoms with Gasteiger partial charge in [0.25, 0.3) is 5.19 Å². The van der Waals surface area contributed by atoms with E-state index in [-0.39, 0.29) is 17.9 Å². The molecule has 0 atom stereocenters. The van der Waals surface area contributed by atoms with Gasteiger partial charge in [-0.3, -0.25) is 4.79 Å². The Morgan fingerprint density at radius 3 is 2.43 bits per heavy atom. The maximum absolute atomic E-state index is 12.8. The number of sulfonamides is 1. The van der Waals surface area contributed by atoms with E-state index in [0.29, 0.717) is 44.2 Å². The van der Waals surface area contributed by atoms with Gasteiger partial charge in [0.2, 0.25) is 15.9 Å². The van der Waals surface area contributed by atoms with Gasteiger partial charge < -0.3 is 9.64 Å². The molecule has 0 bridgehead atoms. The number of piperidine rings is 2. The Kier molecular flexibility index (Phi) is 5.57. The summed E-state index contributed by atoms with van der Waals surface area (Å²) in [6.45, 7) is 2.24. The normalized spacial score (nSPS) is 20.5. The van der Waals surface area contributed by atoms with Crippen LogP contribution < -0.4 is 4.74 Å². The lowest BCUT2D eigenvalue weighted by Gasteiger charge is -2.36. The van der Waals surface area contributed by atoms with Crippen LogP contribution in [0.15, 0.2) is 24.3 Å². The summed E-state index contributed by atoms with van der Waals surface area (Å²) >= 11 is 1.56. The van der Waals surface area contributed by atoms with Gasteiger partial charge in [-0.15, -0.1) is 0 Å². The summed E-state index contributed by atoms with van der Waals surface area (Å²) in [6, 6.07) is 7.98. The van der Waals surface area contributed by atoms with E-state index in [1.54, 1.807) is 11.3 Å². The van der Waals surface area contributed by atoms with Gasteiger partial charge in [0.1, 0.15) is 6.10 Å². The molecule has 2 aromatic rings. The first-order valence-electron chi connectivity index (χ1n) is 9.66. The van der Waals surface area contributed by atoms with E-state index in [1.807, 2.05) is 29.2 Å². The number of aromatic nitrogens is 1. The molecule has 2 aliphatic rings. The summed E-state index contributed by atoms with van der Waals surface area (Å²) in [5, 5.41) is 0.694. The first-order valence-corrected chi connectivity index (χ1v) is 12.3. The average Bonchev–Trinajstić information content (AvgIpc) is 3.10. The Balaban J connectivity index is 1.27. The Morgan fingerprint density at radius 2 is 1.79 bits per heavy atom. The number of hydrogen-bond acceptors (Lipinski definition) is 6. The second-order valence-electron chi connectivity index (χ2n) is 7.53. The van der Waals surface area contributed by atoms with E-state index in [2.05, 4.69) is 4.98 Å². The smallest absolute Gasteiger partial charge is 0.274 e. The van der Waals surface area contributed by atoms with E-state index >= 15 is 0 Å². The Morgan fingerprint density at radius 1 is 1.11 bits per heavy atom. The fourth-order valence-electron chi connectivity index (χ4n) is 3.93. The van der Waals surface area contributed by atoms with Crippen molar-refractivity contribution in [3.8, 4) is 5.19 Å². The van der Waals surface area contributed by atoms with Crippen molar-refractivity contribution in [3.05, 3.63) is 24.3 Å². The van der Waals surface area contributed by atoms with Crippen molar-refractivity contribution in [2.75, 3.05) is 32.4 Å². The number of carbonyl (C=O) groups is 1. The van der Waals surface area contributed by atoms with Crippen LogP contribution >= 0.6 is 11.3 Å². The number of carbonyl (C=O) groups excluding carboxylic acids is 1. The number of hydrogen-bond donors (Lipinski definition) is 0. The zero-order valence-corrected chi connectivity index (χ0v) is 17.5. The minimum atomic E-state index is -3.16. The third kappa shape index (κ3) is 4.31. The van der Waals surface area contributed by atoms with E-state index in [4.69, 9.17) is 4.74 Å². The van der Waals surface area contributed by atoms with Crippen LogP contribution in [0.3, 0.4) is 0 Å². The van der Waals surface area contributed by atoms with Gasteiger partial charge in [-0.1, -0.05) is 23.5 Å². The van der Waals surface area contributed by atoms with E-state index < -0.39 is 10.0 Å². The van der Waals surface area contributed by atoms with Crippen LogP contribution in [0.25, 0.3) is 10.2 Å². The number of amides is 1. The van der Waals surface area contributed by atoms with Crippen LogP contribution in [0, 0.1) is 5.92 Å². The molecule has 0 radical (unpaired) electrons.